The molecule has 1 aliphatic carbocycles. The number of rotatable bonds is 2. The number of hydrogen-bond acceptors (Lipinski definition) is 1. The molecule has 0 spiro atoms. The summed E-state index contributed by atoms with van der Waals surface area (Å²) in [7, 11) is 0. The molecule has 0 aromatic rings. The summed E-state index contributed by atoms with van der Waals surface area (Å²) in [6, 6.07) is 0. The summed E-state index contributed by atoms with van der Waals surface area (Å²) in [6.07, 6.45) is 6.01. The minimum absolute atomic E-state index is 0.556. The van der Waals surface area contributed by atoms with E-state index in [1.54, 1.807) is 6.08 Å². The SMILES string of the molecule is C=CC(=N)C1=C(C)CCC=C1C. The van der Waals surface area contributed by atoms with Gasteiger partial charge in [-0.25, -0.2) is 0 Å². The van der Waals surface area contributed by atoms with E-state index >= 15 is 0 Å². The van der Waals surface area contributed by atoms with Gasteiger partial charge in [-0.15, -0.1) is 0 Å². The third kappa shape index (κ3) is 1.55. The Morgan fingerprint density at radius 3 is 2.75 bits per heavy atom. The highest BCUT2D eigenvalue weighted by molar-refractivity contribution is 6.09. The summed E-state index contributed by atoms with van der Waals surface area (Å²) in [5.74, 6) is 0. The molecule has 0 amide bonds. The van der Waals surface area contributed by atoms with E-state index in [1.165, 1.54) is 11.1 Å². The number of allylic oxidation sites excluding steroid dienone is 5. The average molecular weight is 161 g/mol. The second-order valence-corrected chi connectivity index (χ2v) is 3.20. The van der Waals surface area contributed by atoms with Gasteiger partial charge >= 0.3 is 0 Å². The Labute approximate surface area is 74.0 Å². The molecule has 0 heterocycles. The maximum atomic E-state index is 7.68. The molecule has 0 radical (unpaired) electrons. The maximum Gasteiger partial charge on any atom is 0.0608 e. The van der Waals surface area contributed by atoms with Crippen LogP contribution in [0.4, 0.5) is 0 Å². The fraction of sp³-hybridized carbons (Fsp3) is 0.364. The predicted molar refractivity (Wildman–Crippen MR) is 53.6 cm³/mol. The van der Waals surface area contributed by atoms with Crippen LogP contribution in [0.3, 0.4) is 0 Å². The summed E-state index contributed by atoms with van der Waals surface area (Å²) in [5, 5.41) is 7.68. The highest BCUT2D eigenvalue weighted by Crippen LogP contribution is 2.25. The smallest absolute Gasteiger partial charge is 0.0608 e. The zero-order valence-electron chi connectivity index (χ0n) is 7.78. The monoisotopic (exact) mass is 161 g/mol. The minimum atomic E-state index is 0.556. The lowest BCUT2D eigenvalue weighted by Crippen LogP contribution is -2.05. The zero-order valence-corrected chi connectivity index (χ0v) is 7.78. The van der Waals surface area contributed by atoms with Crippen LogP contribution in [0.2, 0.25) is 0 Å². The van der Waals surface area contributed by atoms with E-state index in [0.717, 1.165) is 18.4 Å². The molecule has 64 valence electrons. The van der Waals surface area contributed by atoms with E-state index in [4.69, 9.17) is 5.41 Å². The van der Waals surface area contributed by atoms with E-state index in [2.05, 4.69) is 26.5 Å². The van der Waals surface area contributed by atoms with Crippen molar-refractivity contribution in [2.45, 2.75) is 26.7 Å². The van der Waals surface area contributed by atoms with E-state index < -0.39 is 0 Å². The van der Waals surface area contributed by atoms with Gasteiger partial charge in [-0.1, -0.05) is 18.2 Å². The van der Waals surface area contributed by atoms with Crippen LogP contribution in [0.15, 0.2) is 35.5 Å². The van der Waals surface area contributed by atoms with E-state index in [-0.39, 0.29) is 0 Å². The lowest BCUT2D eigenvalue weighted by molar-refractivity contribution is 0.933. The highest BCUT2D eigenvalue weighted by Gasteiger charge is 2.11. The normalized spacial score (nSPS) is 17.3. The van der Waals surface area contributed by atoms with Crippen LogP contribution in [0.5, 0.6) is 0 Å². The Kier molecular flexibility index (Phi) is 2.64. The second kappa shape index (κ2) is 3.53. The Morgan fingerprint density at radius 1 is 1.58 bits per heavy atom. The topological polar surface area (TPSA) is 23.9 Å². The lowest BCUT2D eigenvalue weighted by atomic mass is 9.89. The van der Waals surface area contributed by atoms with Crippen molar-refractivity contribution in [2.24, 2.45) is 0 Å². The average Bonchev–Trinajstić information content (AvgIpc) is 2.03. The number of hydrogen-bond donors (Lipinski definition) is 1. The largest absolute Gasteiger partial charge is 0.300 e. The van der Waals surface area contributed by atoms with Crippen LogP contribution in [-0.2, 0) is 0 Å². The molecule has 0 saturated heterocycles. The van der Waals surface area contributed by atoms with Crippen molar-refractivity contribution in [1.29, 1.82) is 5.41 Å². The summed E-state index contributed by atoms with van der Waals surface area (Å²) in [6.45, 7) is 7.79. The van der Waals surface area contributed by atoms with Crippen LogP contribution in [0, 0.1) is 5.41 Å². The molecule has 0 aliphatic heterocycles. The molecule has 0 fully saturated rings. The van der Waals surface area contributed by atoms with Crippen molar-refractivity contribution < 1.29 is 0 Å². The van der Waals surface area contributed by atoms with Crippen molar-refractivity contribution in [2.75, 3.05) is 0 Å². The van der Waals surface area contributed by atoms with E-state index in [1.807, 2.05) is 0 Å². The van der Waals surface area contributed by atoms with Crippen molar-refractivity contribution in [3.8, 4) is 0 Å². The van der Waals surface area contributed by atoms with Crippen molar-refractivity contribution in [1.82, 2.24) is 0 Å². The molecule has 1 aliphatic rings. The Hall–Kier alpha value is -1.11. The van der Waals surface area contributed by atoms with Crippen molar-refractivity contribution >= 4 is 5.71 Å². The molecule has 1 rings (SSSR count). The first kappa shape index (κ1) is 8.98. The first-order valence-electron chi connectivity index (χ1n) is 4.25. The van der Waals surface area contributed by atoms with Gasteiger partial charge in [0.05, 0.1) is 5.71 Å². The molecule has 1 N–H and O–H groups in total. The lowest BCUT2D eigenvalue weighted by Gasteiger charge is -2.16. The molecular formula is C11H15N. The maximum absolute atomic E-state index is 7.68. The van der Waals surface area contributed by atoms with Crippen LogP contribution >= 0.6 is 0 Å². The third-order valence-corrected chi connectivity index (χ3v) is 2.26. The summed E-state index contributed by atoms with van der Waals surface area (Å²) in [4.78, 5) is 0. The fourth-order valence-corrected chi connectivity index (χ4v) is 1.61. The standard InChI is InChI=1S/C11H15N/c1-4-10(12)11-8(2)6-5-7-9(11)3/h4,6,12H,1,5,7H2,2-3H3. The fourth-order valence-electron chi connectivity index (χ4n) is 1.61. The van der Waals surface area contributed by atoms with E-state index in [0.29, 0.717) is 5.71 Å². The highest BCUT2D eigenvalue weighted by atomic mass is 14.4. The van der Waals surface area contributed by atoms with Crippen LogP contribution < -0.4 is 0 Å². The first-order valence-corrected chi connectivity index (χ1v) is 4.25. The molecule has 12 heavy (non-hydrogen) atoms. The molecule has 1 heteroatoms. The molecular weight excluding hydrogens is 146 g/mol. The van der Waals surface area contributed by atoms with Gasteiger partial charge in [0.25, 0.3) is 0 Å². The molecule has 0 unspecified atom stereocenters. The Bertz CT molecular complexity index is 275. The summed E-state index contributed by atoms with van der Waals surface area (Å²) in [5.41, 5.74) is 4.20. The van der Waals surface area contributed by atoms with Crippen LogP contribution in [-0.4, -0.2) is 5.71 Å². The predicted octanol–water partition coefficient (Wildman–Crippen LogP) is 3.25. The van der Waals surface area contributed by atoms with Crippen LogP contribution in [0.25, 0.3) is 0 Å². The third-order valence-electron chi connectivity index (χ3n) is 2.26. The van der Waals surface area contributed by atoms with Gasteiger partial charge in [0.2, 0.25) is 0 Å². The second-order valence-electron chi connectivity index (χ2n) is 3.20. The van der Waals surface area contributed by atoms with Gasteiger partial charge in [0.15, 0.2) is 0 Å². The van der Waals surface area contributed by atoms with Gasteiger partial charge < -0.3 is 5.41 Å². The molecule has 0 atom stereocenters. The van der Waals surface area contributed by atoms with Gasteiger partial charge in [0.1, 0.15) is 0 Å². The van der Waals surface area contributed by atoms with Crippen molar-refractivity contribution in [3.63, 3.8) is 0 Å². The van der Waals surface area contributed by atoms with Crippen molar-refractivity contribution in [3.05, 3.63) is 35.5 Å². The van der Waals surface area contributed by atoms with Gasteiger partial charge in [-0.3, -0.25) is 0 Å². The van der Waals surface area contributed by atoms with Gasteiger partial charge in [-0.2, -0.15) is 0 Å². The Balaban J connectivity index is 3.06. The van der Waals surface area contributed by atoms with E-state index in [9.17, 15) is 0 Å². The zero-order chi connectivity index (χ0) is 9.14. The summed E-state index contributed by atoms with van der Waals surface area (Å²) >= 11 is 0. The molecule has 0 saturated carbocycles. The summed E-state index contributed by atoms with van der Waals surface area (Å²) < 4.78 is 0. The van der Waals surface area contributed by atoms with Gasteiger partial charge in [0, 0.05) is 5.57 Å². The quantitative estimate of drug-likeness (QED) is 0.601. The molecule has 0 aromatic carbocycles. The molecule has 1 nitrogen and oxygen atoms in total. The first-order chi connectivity index (χ1) is 5.66. The Morgan fingerprint density at radius 2 is 2.25 bits per heavy atom. The molecule has 0 aromatic heterocycles. The molecule has 0 bridgehead atoms. The van der Waals surface area contributed by atoms with Gasteiger partial charge in [-0.05, 0) is 38.3 Å². The minimum Gasteiger partial charge on any atom is -0.300 e. The number of nitrogens with one attached hydrogen (secondary N) is 1. The van der Waals surface area contributed by atoms with Crippen LogP contribution in [0.1, 0.15) is 26.7 Å².